The molecule has 0 atom stereocenters. The van der Waals surface area contributed by atoms with Crippen molar-refractivity contribution in [2.45, 2.75) is 6.92 Å². The third-order valence-corrected chi connectivity index (χ3v) is 2.12. The summed E-state index contributed by atoms with van der Waals surface area (Å²) in [5.74, 6) is -0.914. The maximum absolute atomic E-state index is 11.8. The van der Waals surface area contributed by atoms with Gasteiger partial charge < -0.3 is 4.74 Å². The molecule has 2 aromatic rings. The molecule has 0 spiro atoms. The predicted molar refractivity (Wildman–Crippen MR) is 61.8 cm³/mol. The zero-order chi connectivity index (χ0) is 13.0. The Morgan fingerprint density at radius 3 is 2.67 bits per heavy atom. The topological polar surface area (TPSA) is 97.8 Å². The van der Waals surface area contributed by atoms with Crippen molar-refractivity contribution < 1.29 is 9.53 Å². The number of carbonyl (C=O) groups is 1. The smallest absolute Gasteiger partial charge is 0.376 e. The largest absolute Gasteiger partial charge is 0.460 e. The molecule has 7 heteroatoms. The summed E-state index contributed by atoms with van der Waals surface area (Å²) in [6, 6.07) is 3.26. The molecule has 0 amide bonds. The molecule has 0 saturated heterocycles. The predicted octanol–water partition coefficient (Wildman–Crippen LogP) is 0.404. The lowest BCUT2D eigenvalue weighted by molar-refractivity contribution is 0.0510. The molecule has 0 aliphatic heterocycles. The molecule has 2 aromatic heterocycles. The highest BCUT2D eigenvalue weighted by atomic mass is 16.5. The molecule has 0 fully saturated rings. The van der Waals surface area contributed by atoms with Crippen molar-refractivity contribution in [3.8, 4) is 11.3 Å². The highest BCUT2D eigenvalue weighted by molar-refractivity contribution is 5.84. The van der Waals surface area contributed by atoms with E-state index in [0.29, 0.717) is 5.56 Å². The summed E-state index contributed by atoms with van der Waals surface area (Å²) in [6.45, 7) is 1.86. The number of nitrogens with zero attached hydrogens (tertiary/aromatic N) is 3. The summed E-state index contributed by atoms with van der Waals surface area (Å²) in [5.41, 5.74) is 0.207. The van der Waals surface area contributed by atoms with E-state index in [9.17, 15) is 9.59 Å². The number of rotatable bonds is 3. The molecule has 0 aromatic carbocycles. The van der Waals surface area contributed by atoms with Crippen LogP contribution in [-0.2, 0) is 4.74 Å². The van der Waals surface area contributed by atoms with Crippen LogP contribution in [0.3, 0.4) is 0 Å². The summed E-state index contributed by atoms with van der Waals surface area (Å²) in [4.78, 5) is 29.3. The van der Waals surface area contributed by atoms with Crippen molar-refractivity contribution in [1.29, 1.82) is 0 Å². The van der Waals surface area contributed by atoms with Gasteiger partial charge in [-0.15, -0.1) is 10.2 Å². The molecule has 2 rings (SSSR count). The van der Waals surface area contributed by atoms with Crippen LogP contribution < -0.4 is 5.56 Å². The molecule has 1 N–H and O–H groups in total. The number of aromatic nitrogens is 4. The fourth-order valence-electron chi connectivity index (χ4n) is 1.33. The van der Waals surface area contributed by atoms with E-state index in [1.165, 1.54) is 12.4 Å². The minimum Gasteiger partial charge on any atom is -0.460 e. The third-order valence-electron chi connectivity index (χ3n) is 2.12. The minimum atomic E-state index is -0.705. The number of hydrogen-bond acceptors (Lipinski definition) is 6. The Morgan fingerprint density at radius 2 is 2.06 bits per heavy atom. The van der Waals surface area contributed by atoms with Crippen LogP contribution in [0.4, 0.5) is 0 Å². The second-order valence-electron chi connectivity index (χ2n) is 3.31. The van der Waals surface area contributed by atoms with E-state index >= 15 is 0 Å². The lowest BCUT2D eigenvalue weighted by Gasteiger charge is -2.01. The van der Waals surface area contributed by atoms with Crippen LogP contribution in [0.2, 0.25) is 0 Å². The number of aromatic amines is 1. The van der Waals surface area contributed by atoms with Crippen LogP contribution in [0, 0.1) is 0 Å². The fourth-order valence-corrected chi connectivity index (χ4v) is 1.33. The van der Waals surface area contributed by atoms with Crippen molar-refractivity contribution in [2.24, 2.45) is 0 Å². The lowest BCUT2D eigenvalue weighted by atomic mass is 10.2. The summed E-state index contributed by atoms with van der Waals surface area (Å²) >= 11 is 0. The van der Waals surface area contributed by atoms with Gasteiger partial charge in [0.2, 0.25) is 5.82 Å². The Balaban J connectivity index is 2.38. The maximum atomic E-state index is 11.8. The number of H-pyrrole nitrogens is 1. The number of pyridine rings is 1. The molecule has 0 bridgehead atoms. The van der Waals surface area contributed by atoms with Crippen LogP contribution in [0.15, 0.2) is 29.3 Å². The molecule has 0 aliphatic rings. The Kier molecular flexibility index (Phi) is 3.42. The fraction of sp³-hybridized carbons (Fsp3) is 0.182. The average molecular weight is 246 g/mol. The summed E-state index contributed by atoms with van der Waals surface area (Å²) in [7, 11) is 0. The van der Waals surface area contributed by atoms with E-state index in [1.807, 2.05) is 0 Å². The molecule has 2 heterocycles. The Bertz CT molecular complexity index is 609. The van der Waals surface area contributed by atoms with Gasteiger partial charge in [0, 0.05) is 18.0 Å². The molecule has 0 radical (unpaired) electrons. The van der Waals surface area contributed by atoms with Gasteiger partial charge in [-0.25, -0.2) is 4.79 Å². The number of ether oxygens (including phenoxy) is 1. The first-order valence-corrected chi connectivity index (χ1v) is 5.27. The van der Waals surface area contributed by atoms with Crippen molar-refractivity contribution in [3.63, 3.8) is 0 Å². The Morgan fingerprint density at radius 1 is 1.33 bits per heavy atom. The first-order valence-electron chi connectivity index (χ1n) is 5.27. The van der Waals surface area contributed by atoms with Gasteiger partial charge in [-0.2, -0.15) is 0 Å². The van der Waals surface area contributed by atoms with Gasteiger partial charge in [0.25, 0.3) is 5.56 Å². The standard InChI is InChI=1S/C11H10N4O3/c1-2-18-11(17)9-13-10(16)8(14-15-9)7-3-5-12-6-4-7/h3-6H,2H2,1H3,(H,13,15,16). The zero-order valence-corrected chi connectivity index (χ0v) is 9.58. The highest BCUT2D eigenvalue weighted by Crippen LogP contribution is 2.09. The van der Waals surface area contributed by atoms with Crippen LogP contribution >= 0.6 is 0 Å². The highest BCUT2D eigenvalue weighted by Gasteiger charge is 2.13. The van der Waals surface area contributed by atoms with Gasteiger partial charge in [0.05, 0.1) is 6.61 Å². The zero-order valence-electron chi connectivity index (χ0n) is 9.58. The number of hydrogen-bond donors (Lipinski definition) is 1. The van der Waals surface area contributed by atoms with E-state index in [-0.39, 0.29) is 18.1 Å². The Hall–Kier alpha value is -2.57. The third kappa shape index (κ3) is 2.40. The lowest BCUT2D eigenvalue weighted by Crippen LogP contribution is -2.20. The van der Waals surface area contributed by atoms with E-state index in [2.05, 4.69) is 20.2 Å². The summed E-state index contributed by atoms with van der Waals surface area (Å²) in [5, 5.41) is 7.36. The van der Waals surface area contributed by atoms with Crippen LogP contribution in [0.25, 0.3) is 11.3 Å². The van der Waals surface area contributed by atoms with Crippen molar-refractivity contribution in [3.05, 3.63) is 40.7 Å². The van der Waals surface area contributed by atoms with E-state index < -0.39 is 11.5 Å². The van der Waals surface area contributed by atoms with E-state index in [0.717, 1.165) is 0 Å². The van der Waals surface area contributed by atoms with Gasteiger partial charge in [-0.3, -0.25) is 14.8 Å². The minimum absolute atomic E-state index is 0.130. The molecule has 0 aliphatic carbocycles. The molecule has 0 unspecified atom stereocenters. The summed E-state index contributed by atoms with van der Waals surface area (Å²) in [6.07, 6.45) is 3.07. The van der Waals surface area contributed by atoms with Crippen LogP contribution in [0.5, 0.6) is 0 Å². The van der Waals surface area contributed by atoms with Gasteiger partial charge >= 0.3 is 5.97 Å². The average Bonchev–Trinajstić information content (AvgIpc) is 2.40. The maximum Gasteiger partial charge on any atom is 0.376 e. The molecular weight excluding hydrogens is 236 g/mol. The molecule has 92 valence electrons. The Labute approximate surface area is 102 Å². The summed E-state index contributed by atoms with van der Waals surface area (Å²) < 4.78 is 4.71. The SMILES string of the molecule is CCOC(=O)c1nnc(-c2ccncc2)c(=O)[nH]1. The van der Waals surface area contributed by atoms with Gasteiger partial charge in [0.15, 0.2) is 5.69 Å². The number of esters is 1. The first-order chi connectivity index (χ1) is 8.72. The number of nitrogens with one attached hydrogen (secondary N) is 1. The number of carbonyl (C=O) groups excluding carboxylic acids is 1. The first kappa shape index (κ1) is 11.9. The second kappa shape index (κ2) is 5.17. The monoisotopic (exact) mass is 246 g/mol. The van der Waals surface area contributed by atoms with E-state index in [1.54, 1.807) is 19.1 Å². The second-order valence-corrected chi connectivity index (χ2v) is 3.31. The van der Waals surface area contributed by atoms with Gasteiger partial charge in [-0.05, 0) is 19.1 Å². The quantitative estimate of drug-likeness (QED) is 0.787. The van der Waals surface area contributed by atoms with Crippen molar-refractivity contribution >= 4 is 5.97 Å². The van der Waals surface area contributed by atoms with Crippen LogP contribution in [0.1, 0.15) is 17.5 Å². The normalized spacial score (nSPS) is 10.1. The van der Waals surface area contributed by atoms with E-state index in [4.69, 9.17) is 4.74 Å². The van der Waals surface area contributed by atoms with Crippen molar-refractivity contribution in [2.75, 3.05) is 6.61 Å². The molecule has 0 saturated carbocycles. The molecule has 7 nitrogen and oxygen atoms in total. The molecular formula is C11H10N4O3. The molecule has 18 heavy (non-hydrogen) atoms. The van der Waals surface area contributed by atoms with Gasteiger partial charge in [-0.1, -0.05) is 0 Å². The van der Waals surface area contributed by atoms with Crippen molar-refractivity contribution in [1.82, 2.24) is 20.2 Å². The van der Waals surface area contributed by atoms with Crippen LogP contribution in [-0.4, -0.2) is 32.7 Å². The van der Waals surface area contributed by atoms with Gasteiger partial charge in [0.1, 0.15) is 0 Å².